The highest BCUT2D eigenvalue weighted by Gasteiger charge is 2.42. The zero-order chi connectivity index (χ0) is 26.3. The number of carbonyl (C=O) groups is 1. The van der Waals surface area contributed by atoms with Gasteiger partial charge in [-0.1, -0.05) is 17.4 Å². The number of nitrogens with zero attached hydrogens (tertiary/aromatic N) is 4. The van der Waals surface area contributed by atoms with Crippen LogP contribution in [0.4, 0.5) is 41.2 Å². The van der Waals surface area contributed by atoms with Gasteiger partial charge in [0.25, 0.3) is 0 Å². The molecule has 1 heterocycles. The molecule has 36 heavy (non-hydrogen) atoms. The molecule has 6 nitrogen and oxygen atoms in total. The largest absolute Gasteiger partial charge is 0.420 e. The van der Waals surface area contributed by atoms with E-state index < -0.39 is 46.7 Å². The zero-order valence-electron chi connectivity index (χ0n) is 18.4. The van der Waals surface area contributed by atoms with Gasteiger partial charge in [0, 0.05) is 18.3 Å². The fraction of sp³-hybridized carbons (Fsp3) is 0.261. The Morgan fingerprint density at radius 2 is 1.67 bits per heavy atom. The van der Waals surface area contributed by atoms with Crippen LogP contribution in [-0.2, 0) is 12.4 Å². The molecule has 0 aliphatic heterocycles. The molecule has 2 aromatic carbocycles. The van der Waals surface area contributed by atoms with Crippen LogP contribution in [-0.4, -0.2) is 28.1 Å². The number of hydrogen-bond donors (Lipinski definition) is 0. The summed E-state index contributed by atoms with van der Waals surface area (Å²) in [6, 6.07) is 4.48. The average molecular weight is 514 g/mol. The summed E-state index contributed by atoms with van der Waals surface area (Å²) in [5.74, 6) is -1.78. The van der Waals surface area contributed by atoms with Gasteiger partial charge in [0.2, 0.25) is 0 Å². The Bertz CT molecular complexity index is 1290. The van der Waals surface area contributed by atoms with Gasteiger partial charge in [-0.25, -0.2) is 13.9 Å². The van der Waals surface area contributed by atoms with Crippen molar-refractivity contribution in [2.45, 2.75) is 31.2 Å². The van der Waals surface area contributed by atoms with E-state index in [9.17, 15) is 35.5 Å². The van der Waals surface area contributed by atoms with Crippen molar-refractivity contribution < 1.29 is 40.3 Å². The number of benzene rings is 2. The minimum absolute atomic E-state index is 0.0723. The Kier molecular flexibility index (Phi) is 6.50. The van der Waals surface area contributed by atoms with Crippen molar-refractivity contribution in [1.82, 2.24) is 15.0 Å². The topological polar surface area (TPSA) is 60.2 Å². The van der Waals surface area contributed by atoms with Gasteiger partial charge < -0.3 is 4.74 Å². The molecule has 1 aromatic heterocycles. The number of aromatic nitrogens is 3. The number of hydrogen-bond acceptors (Lipinski definition) is 4. The van der Waals surface area contributed by atoms with Crippen LogP contribution in [0.25, 0.3) is 11.3 Å². The summed E-state index contributed by atoms with van der Waals surface area (Å²) in [6.07, 6.45) is -5.76. The van der Waals surface area contributed by atoms with E-state index in [1.54, 1.807) is 0 Å². The van der Waals surface area contributed by atoms with Gasteiger partial charge in [0.1, 0.15) is 11.5 Å². The number of alkyl halides is 6. The molecule has 190 valence electrons. The highest BCUT2D eigenvalue weighted by Crippen LogP contribution is 2.46. The third-order valence-corrected chi connectivity index (χ3v) is 5.54. The quantitative estimate of drug-likeness (QED) is 0.289. The van der Waals surface area contributed by atoms with Crippen molar-refractivity contribution in [2.24, 2.45) is 0 Å². The van der Waals surface area contributed by atoms with E-state index in [0.717, 1.165) is 24.1 Å². The first-order valence-corrected chi connectivity index (χ1v) is 10.5. The molecular weight excluding hydrogens is 497 g/mol. The molecule has 13 heteroatoms. The summed E-state index contributed by atoms with van der Waals surface area (Å²) in [5.41, 5.74) is -4.40. The van der Waals surface area contributed by atoms with Gasteiger partial charge in [-0.05, 0) is 49.2 Å². The molecule has 0 unspecified atom stereocenters. The molecule has 3 aromatic rings. The van der Waals surface area contributed by atoms with Gasteiger partial charge in [0.15, 0.2) is 5.75 Å². The fourth-order valence-corrected chi connectivity index (χ4v) is 3.63. The number of carbonyl (C=O) groups excluding carboxylic acids is 1. The first-order valence-electron chi connectivity index (χ1n) is 10.5. The van der Waals surface area contributed by atoms with Crippen molar-refractivity contribution in [3.05, 3.63) is 71.7 Å². The van der Waals surface area contributed by atoms with Gasteiger partial charge in [-0.3, -0.25) is 4.90 Å². The molecule has 4 rings (SSSR count). The predicted octanol–water partition coefficient (Wildman–Crippen LogP) is 6.65. The van der Waals surface area contributed by atoms with E-state index in [-0.39, 0.29) is 23.5 Å². The molecule has 1 amide bonds. The Morgan fingerprint density at radius 1 is 1.03 bits per heavy atom. The number of halogens is 7. The molecule has 0 saturated heterocycles. The molecule has 0 spiro atoms. The first-order chi connectivity index (χ1) is 16.8. The molecule has 0 N–H and O–H groups in total. The second kappa shape index (κ2) is 9.28. The molecule has 1 aliphatic carbocycles. The van der Waals surface area contributed by atoms with Crippen LogP contribution in [0.1, 0.15) is 30.0 Å². The normalized spacial score (nSPS) is 14.3. The van der Waals surface area contributed by atoms with E-state index >= 15 is 0 Å². The third kappa shape index (κ3) is 5.19. The summed E-state index contributed by atoms with van der Waals surface area (Å²) in [5, 5.41) is 7.61. The monoisotopic (exact) mass is 514 g/mol. The summed E-state index contributed by atoms with van der Waals surface area (Å²) in [7, 11) is 1.15. The summed E-state index contributed by atoms with van der Waals surface area (Å²) in [6.45, 7) is 0. The van der Waals surface area contributed by atoms with Crippen LogP contribution in [0.15, 0.2) is 54.7 Å². The van der Waals surface area contributed by atoms with Crippen LogP contribution < -0.4 is 9.64 Å². The maximum Gasteiger partial charge on any atom is 0.420 e. The van der Waals surface area contributed by atoms with Crippen molar-refractivity contribution in [3.63, 3.8) is 0 Å². The number of rotatable bonds is 4. The summed E-state index contributed by atoms with van der Waals surface area (Å²) in [4.78, 5) is 13.5. The van der Waals surface area contributed by atoms with Crippen LogP contribution in [0.3, 0.4) is 0 Å². The Balaban J connectivity index is 1.82. The van der Waals surface area contributed by atoms with Crippen molar-refractivity contribution in [2.75, 3.05) is 11.9 Å². The lowest BCUT2D eigenvalue weighted by atomic mass is 10.0. The lowest BCUT2D eigenvalue weighted by molar-refractivity contribution is -0.143. The molecule has 0 bridgehead atoms. The van der Waals surface area contributed by atoms with Crippen molar-refractivity contribution in [3.8, 4) is 17.0 Å². The van der Waals surface area contributed by atoms with Crippen LogP contribution in [0.2, 0.25) is 0 Å². The maximum absolute atomic E-state index is 13.9. The minimum Gasteiger partial charge on any atom is -0.409 e. The van der Waals surface area contributed by atoms with Crippen LogP contribution in [0, 0.1) is 5.82 Å². The lowest BCUT2D eigenvalue weighted by Crippen LogP contribution is -2.30. The molecule has 0 fully saturated rings. The van der Waals surface area contributed by atoms with Crippen LogP contribution in [0.5, 0.6) is 5.75 Å². The van der Waals surface area contributed by atoms with E-state index in [2.05, 4.69) is 10.3 Å². The highest BCUT2D eigenvalue weighted by molar-refractivity contribution is 5.90. The molecule has 0 saturated carbocycles. The third-order valence-electron chi connectivity index (χ3n) is 5.54. The van der Waals surface area contributed by atoms with Crippen molar-refractivity contribution in [1.29, 1.82) is 0 Å². The average Bonchev–Trinajstić information content (AvgIpc) is 3.50. The van der Waals surface area contributed by atoms with E-state index in [4.69, 9.17) is 4.74 Å². The molecule has 1 aliphatic rings. The smallest absolute Gasteiger partial charge is 0.409 e. The predicted molar refractivity (Wildman–Crippen MR) is 114 cm³/mol. The van der Waals surface area contributed by atoms with E-state index in [1.165, 1.54) is 23.0 Å². The van der Waals surface area contributed by atoms with Gasteiger partial charge in [-0.2, -0.15) is 26.3 Å². The lowest BCUT2D eigenvalue weighted by Gasteiger charge is -2.22. The fourth-order valence-electron chi connectivity index (χ4n) is 3.63. The number of allylic oxidation sites excluding steroid dienone is 2. The summed E-state index contributed by atoms with van der Waals surface area (Å²) >= 11 is 0. The number of anilines is 1. The molecule has 0 atom stereocenters. The van der Waals surface area contributed by atoms with Crippen LogP contribution >= 0.6 is 0 Å². The Morgan fingerprint density at radius 3 is 2.25 bits per heavy atom. The second-order valence-corrected chi connectivity index (χ2v) is 7.98. The van der Waals surface area contributed by atoms with Gasteiger partial charge >= 0.3 is 18.4 Å². The Hall–Kier alpha value is -3.90. The minimum atomic E-state index is -5.31. The van der Waals surface area contributed by atoms with Crippen molar-refractivity contribution >= 4 is 11.8 Å². The second-order valence-electron chi connectivity index (χ2n) is 7.98. The Labute approximate surface area is 199 Å². The summed E-state index contributed by atoms with van der Waals surface area (Å²) < 4.78 is 102. The van der Waals surface area contributed by atoms with Gasteiger partial charge in [0.05, 0.1) is 23.4 Å². The van der Waals surface area contributed by atoms with E-state index in [1.807, 2.05) is 12.2 Å². The molecule has 0 radical (unpaired) electrons. The maximum atomic E-state index is 13.9. The van der Waals surface area contributed by atoms with E-state index in [0.29, 0.717) is 18.9 Å². The SMILES string of the molecule is CN(C(=O)Oc1c(-c2cn(C3CC=CC3)nn2)cc(C(F)(F)F)cc1C(F)(F)F)c1ccc(F)cc1. The zero-order valence-corrected chi connectivity index (χ0v) is 18.4. The standard InChI is InChI=1S/C23H17F7N4O2/c1-33(15-8-6-14(24)7-9-15)21(35)36-20-17(19-12-34(32-31-19)16-4-2-3-5-16)10-13(22(25,26)27)11-18(20)23(28,29)30/h2-3,6-12,16H,4-5H2,1H3. The molecular formula is C23H17F7N4O2. The number of ether oxygens (including phenoxy) is 1. The highest BCUT2D eigenvalue weighted by atomic mass is 19.4. The van der Waals surface area contributed by atoms with Gasteiger partial charge in [-0.15, -0.1) is 5.10 Å². The number of amides is 1. The first kappa shape index (κ1) is 25.2.